The van der Waals surface area contributed by atoms with Crippen LogP contribution in [0.25, 0.3) is 0 Å². The highest BCUT2D eigenvalue weighted by Gasteiger charge is 2.55. The predicted molar refractivity (Wildman–Crippen MR) is 94.7 cm³/mol. The van der Waals surface area contributed by atoms with Gasteiger partial charge in [-0.05, 0) is 80.5 Å². The SMILES string of the molecule is O=C(N(Cc1ccco1)c1ccccn1)C12CC3CC(CC(C3)C1)C2. The number of anilines is 1. The Morgan fingerprint density at radius 3 is 2.36 bits per heavy atom. The number of carbonyl (C=O) groups is 1. The van der Waals surface area contributed by atoms with Gasteiger partial charge in [0.2, 0.25) is 5.91 Å². The van der Waals surface area contributed by atoms with E-state index in [9.17, 15) is 4.79 Å². The molecule has 130 valence electrons. The van der Waals surface area contributed by atoms with Crippen molar-refractivity contribution in [1.82, 2.24) is 4.98 Å². The molecule has 0 radical (unpaired) electrons. The van der Waals surface area contributed by atoms with E-state index in [0.29, 0.717) is 6.54 Å². The second kappa shape index (κ2) is 5.72. The molecule has 4 saturated carbocycles. The number of nitrogens with zero attached hydrogens (tertiary/aromatic N) is 2. The molecule has 2 aromatic heterocycles. The number of carbonyl (C=O) groups excluding carboxylic acids is 1. The Morgan fingerprint density at radius 2 is 1.80 bits per heavy atom. The highest BCUT2D eigenvalue weighted by molar-refractivity contribution is 5.97. The maximum atomic E-state index is 13.8. The predicted octanol–water partition coefficient (Wildman–Crippen LogP) is 4.42. The lowest BCUT2D eigenvalue weighted by Crippen LogP contribution is -2.54. The first kappa shape index (κ1) is 15.2. The van der Waals surface area contributed by atoms with Crippen molar-refractivity contribution in [2.45, 2.75) is 45.1 Å². The van der Waals surface area contributed by atoms with E-state index in [-0.39, 0.29) is 11.3 Å². The van der Waals surface area contributed by atoms with Gasteiger partial charge in [-0.3, -0.25) is 9.69 Å². The maximum absolute atomic E-state index is 13.8. The molecule has 2 aromatic rings. The molecule has 4 heteroatoms. The summed E-state index contributed by atoms with van der Waals surface area (Å²) in [6, 6.07) is 9.58. The molecule has 0 spiro atoms. The molecule has 4 aliphatic rings. The summed E-state index contributed by atoms with van der Waals surface area (Å²) in [6.07, 6.45) is 10.7. The van der Waals surface area contributed by atoms with Crippen molar-refractivity contribution in [1.29, 1.82) is 0 Å². The number of pyridine rings is 1. The van der Waals surface area contributed by atoms with Crippen LogP contribution in [-0.2, 0) is 11.3 Å². The molecule has 1 amide bonds. The standard InChI is InChI=1S/C21H24N2O2/c24-20(21-11-15-8-16(12-21)10-17(9-15)13-21)23(14-18-4-3-7-25-18)19-5-1-2-6-22-19/h1-7,15-17H,8-14H2. The van der Waals surface area contributed by atoms with Gasteiger partial charge in [-0.1, -0.05) is 6.07 Å². The molecular weight excluding hydrogens is 312 g/mol. The Kier molecular flexibility index (Phi) is 3.47. The van der Waals surface area contributed by atoms with Crippen LogP contribution in [0.3, 0.4) is 0 Å². The van der Waals surface area contributed by atoms with Gasteiger partial charge in [0.05, 0.1) is 18.2 Å². The van der Waals surface area contributed by atoms with E-state index in [2.05, 4.69) is 4.98 Å². The lowest BCUT2D eigenvalue weighted by Gasteiger charge is -2.56. The molecule has 0 N–H and O–H groups in total. The summed E-state index contributed by atoms with van der Waals surface area (Å²) in [7, 11) is 0. The first-order valence-corrected chi connectivity index (χ1v) is 9.47. The van der Waals surface area contributed by atoms with Gasteiger partial charge < -0.3 is 4.42 Å². The monoisotopic (exact) mass is 336 g/mol. The van der Waals surface area contributed by atoms with Gasteiger partial charge in [-0.15, -0.1) is 0 Å². The third kappa shape index (κ3) is 2.59. The number of rotatable bonds is 4. The summed E-state index contributed by atoms with van der Waals surface area (Å²) in [5, 5.41) is 0. The molecule has 0 aromatic carbocycles. The minimum Gasteiger partial charge on any atom is -0.467 e. The minimum atomic E-state index is -0.168. The average Bonchev–Trinajstić information content (AvgIpc) is 3.12. The summed E-state index contributed by atoms with van der Waals surface area (Å²) >= 11 is 0. The molecule has 4 aliphatic carbocycles. The first-order valence-electron chi connectivity index (χ1n) is 9.47. The zero-order valence-electron chi connectivity index (χ0n) is 14.4. The third-order valence-electron chi connectivity index (χ3n) is 6.56. The van der Waals surface area contributed by atoms with E-state index < -0.39 is 0 Å². The van der Waals surface area contributed by atoms with Crippen molar-refractivity contribution in [2.24, 2.45) is 23.2 Å². The Labute approximate surface area is 148 Å². The molecule has 6 rings (SSSR count). The van der Waals surface area contributed by atoms with Crippen molar-refractivity contribution in [3.63, 3.8) is 0 Å². The molecule has 4 nitrogen and oxygen atoms in total. The van der Waals surface area contributed by atoms with E-state index in [1.165, 1.54) is 19.3 Å². The number of aromatic nitrogens is 1. The second-order valence-electron chi connectivity index (χ2n) is 8.36. The van der Waals surface area contributed by atoms with Crippen LogP contribution in [0.5, 0.6) is 0 Å². The number of hydrogen-bond donors (Lipinski definition) is 0. The molecule has 0 saturated heterocycles. The van der Waals surface area contributed by atoms with Gasteiger partial charge in [-0.25, -0.2) is 4.98 Å². The van der Waals surface area contributed by atoms with Crippen molar-refractivity contribution in [2.75, 3.05) is 4.90 Å². The molecule has 4 fully saturated rings. The molecule has 4 bridgehead atoms. The summed E-state index contributed by atoms with van der Waals surface area (Å²) in [6.45, 7) is 0.463. The van der Waals surface area contributed by atoms with E-state index in [1.54, 1.807) is 12.5 Å². The Balaban J connectivity index is 1.49. The zero-order chi connectivity index (χ0) is 16.9. The third-order valence-corrected chi connectivity index (χ3v) is 6.56. The quantitative estimate of drug-likeness (QED) is 0.830. The van der Waals surface area contributed by atoms with Crippen LogP contribution >= 0.6 is 0 Å². The largest absolute Gasteiger partial charge is 0.467 e. The fraction of sp³-hybridized carbons (Fsp3) is 0.524. The second-order valence-corrected chi connectivity index (χ2v) is 8.36. The smallest absolute Gasteiger partial charge is 0.234 e. The number of amides is 1. The van der Waals surface area contributed by atoms with Gasteiger partial charge >= 0.3 is 0 Å². The molecule has 0 atom stereocenters. The van der Waals surface area contributed by atoms with Crippen LogP contribution < -0.4 is 4.90 Å². The molecule has 25 heavy (non-hydrogen) atoms. The van der Waals surface area contributed by atoms with Gasteiger partial charge in [-0.2, -0.15) is 0 Å². The highest BCUT2D eigenvalue weighted by atomic mass is 16.3. The number of furan rings is 1. The lowest BCUT2D eigenvalue weighted by molar-refractivity contribution is -0.143. The molecule has 0 unspecified atom stereocenters. The number of hydrogen-bond acceptors (Lipinski definition) is 3. The Morgan fingerprint density at radius 1 is 1.08 bits per heavy atom. The van der Waals surface area contributed by atoms with Crippen molar-refractivity contribution < 1.29 is 9.21 Å². The van der Waals surface area contributed by atoms with Gasteiger partial charge in [0.15, 0.2) is 0 Å². The van der Waals surface area contributed by atoms with E-state index >= 15 is 0 Å². The highest BCUT2D eigenvalue weighted by Crippen LogP contribution is 2.60. The summed E-state index contributed by atoms with van der Waals surface area (Å²) in [5.41, 5.74) is -0.168. The van der Waals surface area contributed by atoms with Crippen LogP contribution in [0.1, 0.15) is 44.3 Å². The molecule has 0 aliphatic heterocycles. The fourth-order valence-corrected chi connectivity index (χ4v) is 5.99. The summed E-state index contributed by atoms with van der Waals surface area (Å²) in [5.74, 6) is 4.07. The van der Waals surface area contributed by atoms with Crippen LogP contribution in [0.4, 0.5) is 5.82 Å². The zero-order valence-corrected chi connectivity index (χ0v) is 14.4. The van der Waals surface area contributed by atoms with Crippen LogP contribution in [-0.4, -0.2) is 10.9 Å². The minimum absolute atomic E-state index is 0.168. The molecule has 2 heterocycles. The van der Waals surface area contributed by atoms with E-state index in [1.807, 2.05) is 35.2 Å². The van der Waals surface area contributed by atoms with E-state index in [0.717, 1.165) is 48.6 Å². The normalized spacial score (nSPS) is 32.7. The van der Waals surface area contributed by atoms with Crippen molar-refractivity contribution in [3.8, 4) is 0 Å². The van der Waals surface area contributed by atoms with Gasteiger partial charge in [0, 0.05) is 6.20 Å². The van der Waals surface area contributed by atoms with Gasteiger partial charge in [0.1, 0.15) is 11.6 Å². The fourth-order valence-electron chi connectivity index (χ4n) is 5.99. The van der Waals surface area contributed by atoms with E-state index in [4.69, 9.17) is 4.42 Å². The first-order chi connectivity index (χ1) is 12.2. The van der Waals surface area contributed by atoms with Crippen molar-refractivity contribution >= 4 is 11.7 Å². The summed E-state index contributed by atoms with van der Waals surface area (Å²) in [4.78, 5) is 20.1. The van der Waals surface area contributed by atoms with Crippen LogP contribution in [0.15, 0.2) is 47.2 Å². The van der Waals surface area contributed by atoms with Crippen LogP contribution in [0, 0.1) is 23.2 Å². The maximum Gasteiger partial charge on any atom is 0.234 e. The van der Waals surface area contributed by atoms with Crippen LogP contribution in [0.2, 0.25) is 0 Å². The van der Waals surface area contributed by atoms with Crippen molar-refractivity contribution in [3.05, 3.63) is 48.6 Å². The average molecular weight is 336 g/mol. The molecular formula is C21H24N2O2. The topological polar surface area (TPSA) is 46.3 Å². The Bertz CT molecular complexity index is 718. The lowest BCUT2D eigenvalue weighted by atomic mass is 9.49. The van der Waals surface area contributed by atoms with Gasteiger partial charge in [0.25, 0.3) is 0 Å². The Hall–Kier alpha value is -2.10. The summed E-state index contributed by atoms with van der Waals surface area (Å²) < 4.78 is 5.53.